The van der Waals surface area contributed by atoms with Crippen molar-refractivity contribution in [2.45, 2.75) is 72.0 Å². The van der Waals surface area contributed by atoms with Crippen LogP contribution in [-0.4, -0.2) is 63.2 Å². The molecule has 0 aromatic heterocycles. The third-order valence-corrected chi connectivity index (χ3v) is 7.14. The van der Waals surface area contributed by atoms with Crippen molar-refractivity contribution in [3.05, 3.63) is 54.1 Å². The lowest BCUT2D eigenvalue weighted by Crippen LogP contribution is -2.53. The molecule has 0 saturated heterocycles. The lowest BCUT2D eigenvalue weighted by atomic mass is 10.0. The van der Waals surface area contributed by atoms with E-state index in [0.717, 1.165) is 11.8 Å². The molecule has 0 aliphatic rings. The Morgan fingerprint density at radius 2 is 1.74 bits per heavy atom. The second kappa shape index (κ2) is 14.2. The molecule has 2 amide bonds. The highest BCUT2D eigenvalue weighted by atomic mass is 32.2. The molecular formula is C29H43N3O6S. The normalized spacial score (nSPS) is 12.4. The first-order valence-electron chi connectivity index (χ1n) is 13.2. The van der Waals surface area contributed by atoms with E-state index < -0.39 is 21.6 Å². The summed E-state index contributed by atoms with van der Waals surface area (Å²) >= 11 is 0. The van der Waals surface area contributed by atoms with E-state index in [1.54, 1.807) is 36.3 Å². The number of para-hydroxylation sites is 2. The maximum absolute atomic E-state index is 13.6. The number of carbonyl (C=O) groups is 2. The van der Waals surface area contributed by atoms with E-state index in [4.69, 9.17) is 9.47 Å². The zero-order valence-corrected chi connectivity index (χ0v) is 25.0. The Kier molecular flexibility index (Phi) is 11.6. The molecule has 1 atom stereocenters. The molecule has 0 saturated carbocycles. The highest BCUT2D eigenvalue weighted by molar-refractivity contribution is 7.92. The minimum atomic E-state index is -3.64. The Bertz CT molecular complexity index is 1210. The van der Waals surface area contributed by atoms with Gasteiger partial charge in [0.2, 0.25) is 21.8 Å². The van der Waals surface area contributed by atoms with E-state index in [-0.39, 0.29) is 37.7 Å². The number of anilines is 1. The van der Waals surface area contributed by atoms with Crippen LogP contribution < -0.4 is 19.1 Å². The van der Waals surface area contributed by atoms with Crippen LogP contribution in [0, 0.1) is 0 Å². The highest BCUT2D eigenvalue weighted by Gasteiger charge is 2.31. The van der Waals surface area contributed by atoms with Gasteiger partial charge in [0, 0.05) is 25.0 Å². The number of rotatable bonds is 14. The van der Waals surface area contributed by atoms with Crippen LogP contribution in [-0.2, 0) is 26.2 Å². The number of ether oxygens (including phenoxy) is 2. The molecule has 2 aromatic rings. The number of sulfonamides is 1. The first kappa shape index (κ1) is 31.9. The molecule has 0 radical (unpaired) electrons. The van der Waals surface area contributed by atoms with Crippen molar-refractivity contribution in [1.82, 2.24) is 10.2 Å². The SMILES string of the molecule is CCOc1ccccc1N(CCCC(=O)N(Cc1cccc(OC)c1)[C@@H](CC)C(=O)NC(C)(C)C)S(C)(=O)=O. The van der Waals surface area contributed by atoms with Gasteiger partial charge in [0.15, 0.2) is 0 Å². The van der Waals surface area contributed by atoms with Crippen LogP contribution in [0.25, 0.3) is 0 Å². The fourth-order valence-corrected chi connectivity index (χ4v) is 5.23. The van der Waals surface area contributed by atoms with Gasteiger partial charge in [-0.1, -0.05) is 31.2 Å². The third kappa shape index (κ3) is 9.76. The van der Waals surface area contributed by atoms with Gasteiger partial charge in [-0.2, -0.15) is 0 Å². The van der Waals surface area contributed by atoms with E-state index in [2.05, 4.69) is 5.32 Å². The van der Waals surface area contributed by atoms with Gasteiger partial charge in [0.05, 0.1) is 25.7 Å². The molecule has 216 valence electrons. The van der Waals surface area contributed by atoms with Crippen LogP contribution in [0.15, 0.2) is 48.5 Å². The zero-order valence-electron chi connectivity index (χ0n) is 24.2. The van der Waals surface area contributed by atoms with Crippen molar-refractivity contribution >= 4 is 27.5 Å². The van der Waals surface area contributed by atoms with Gasteiger partial charge in [0.1, 0.15) is 17.5 Å². The molecule has 0 fully saturated rings. The summed E-state index contributed by atoms with van der Waals surface area (Å²) in [6.45, 7) is 10.1. The maximum Gasteiger partial charge on any atom is 0.243 e. The van der Waals surface area contributed by atoms with Crippen molar-refractivity contribution in [2.75, 3.05) is 30.8 Å². The predicted molar refractivity (Wildman–Crippen MR) is 155 cm³/mol. The number of hydrogen-bond donors (Lipinski definition) is 1. The Morgan fingerprint density at radius 3 is 2.33 bits per heavy atom. The van der Waals surface area contributed by atoms with Crippen molar-refractivity contribution in [1.29, 1.82) is 0 Å². The minimum absolute atomic E-state index is 0.0616. The smallest absolute Gasteiger partial charge is 0.243 e. The second-order valence-corrected chi connectivity index (χ2v) is 12.3. The topological polar surface area (TPSA) is 105 Å². The lowest BCUT2D eigenvalue weighted by molar-refractivity contribution is -0.142. The molecule has 0 aliphatic heterocycles. The molecule has 0 bridgehead atoms. The van der Waals surface area contributed by atoms with Crippen LogP contribution in [0.5, 0.6) is 11.5 Å². The first-order chi connectivity index (χ1) is 18.3. The van der Waals surface area contributed by atoms with Crippen LogP contribution in [0.3, 0.4) is 0 Å². The fraction of sp³-hybridized carbons (Fsp3) is 0.517. The quantitative estimate of drug-likeness (QED) is 0.367. The predicted octanol–water partition coefficient (Wildman–Crippen LogP) is 4.36. The Hall–Kier alpha value is -3.27. The molecule has 0 unspecified atom stereocenters. The molecule has 0 aliphatic carbocycles. The number of hydrogen-bond acceptors (Lipinski definition) is 6. The number of nitrogens with zero attached hydrogens (tertiary/aromatic N) is 2. The summed E-state index contributed by atoms with van der Waals surface area (Å²) < 4.78 is 37.6. The van der Waals surface area contributed by atoms with E-state index in [0.29, 0.717) is 30.2 Å². The Labute approximate surface area is 233 Å². The largest absolute Gasteiger partial charge is 0.497 e. The van der Waals surface area contributed by atoms with E-state index in [1.165, 1.54) is 4.31 Å². The summed E-state index contributed by atoms with van der Waals surface area (Å²) in [4.78, 5) is 28.4. The summed E-state index contributed by atoms with van der Waals surface area (Å²) in [5, 5.41) is 2.99. The number of amides is 2. The number of methoxy groups -OCH3 is 1. The van der Waals surface area contributed by atoms with Crippen molar-refractivity contribution < 1.29 is 27.5 Å². The van der Waals surface area contributed by atoms with Gasteiger partial charge < -0.3 is 19.7 Å². The van der Waals surface area contributed by atoms with E-state index in [9.17, 15) is 18.0 Å². The molecule has 0 heterocycles. The average molecular weight is 562 g/mol. The summed E-state index contributed by atoms with van der Waals surface area (Å²) in [6, 6.07) is 13.6. The lowest BCUT2D eigenvalue weighted by Gasteiger charge is -2.33. The van der Waals surface area contributed by atoms with Crippen molar-refractivity contribution in [3.63, 3.8) is 0 Å². The van der Waals surface area contributed by atoms with Crippen molar-refractivity contribution in [2.24, 2.45) is 0 Å². The summed E-state index contributed by atoms with van der Waals surface area (Å²) in [6.07, 6.45) is 1.88. The van der Waals surface area contributed by atoms with Gasteiger partial charge in [-0.25, -0.2) is 8.42 Å². The van der Waals surface area contributed by atoms with Crippen LogP contribution in [0.1, 0.15) is 59.4 Å². The van der Waals surface area contributed by atoms with Gasteiger partial charge in [-0.15, -0.1) is 0 Å². The van der Waals surface area contributed by atoms with Crippen LogP contribution >= 0.6 is 0 Å². The first-order valence-corrected chi connectivity index (χ1v) is 15.1. The Balaban J connectivity index is 2.29. The molecule has 2 aromatic carbocycles. The van der Waals surface area contributed by atoms with Gasteiger partial charge >= 0.3 is 0 Å². The number of nitrogens with one attached hydrogen (secondary N) is 1. The fourth-order valence-electron chi connectivity index (χ4n) is 4.26. The van der Waals surface area contributed by atoms with Gasteiger partial charge in [-0.05, 0) is 70.4 Å². The van der Waals surface area contributed by atoms with Crippen molar-refractivity contribution in [3.8, 4) is 11.5 Å². The summed E-state index contributed by atoms with van der Waals surface area (Å²) in [5.74, 6) is 0.648. The number of carbonyl (C=O) groups excluding carboxylic acids is 2. The monoisotopic (exact) mass is 561 g/mol. The van der Waals surface area contributed by atoms with E-state index >= 15 is 0 Å². The van der Waals surface area contributed by atoms with Gasteiger partial charge in [-0.3, -0.25) is 13.9 Å². The maximum atomic E-state index is 13.6. The third-order valence-electron chi connectivity index (χ3n) is 5.96. The molecule has 0 spiro atoms. The molecule has 1 N–H and O–H groups in total. The van der Waals surface area contributed by atoms with Crippen LogP contribution in [0.2, 0.25) is 0 Å². The van der Waals surface area contributed by atoms with E-state index in [1.807, 2.05) is 58.9 Å². The molecular weight excluding hydrogens is 518 g/mol. The summed E-state index contributed by atoms with van der Waals surface area (Å²) in [5.41, 5.74) is 0.797. The van der Waals surface area contributed by atoms with Gasteiger partial charge in [0.25, 0.3) is 0 Å². The second-order valence-electron chi connectivity index (χ2n) is 10.4. The highest BCUT2D eigenvalue weighted by Crippen LogP contribution is 2.30. The standard InChI is InChI=1S/C29H43N3O6S/c1-8-24(28(34)30-29(3,4)5)31(21-22-14-12-15-23(20-22)37-6)27(33)18-13-19-32(39(7,35)36)25-16-10-11-17-26(25)38-9-2/h10-12,14-17,20,24H,8-9,13,18-19,21H2,1-7H3,(H,30,34)/t24-/m0/s1. The molecule has 9 nitrogen and oxygen atoms in total. The number of benzene rings is 2. The molecule has 10 heteroatoms. The molecule has 39 heavy (non-hydrogen) atoms. The van der Waals surface area contributed by atoms with Crippen LogP contribution in [0.4, 0.5) is 5.69 Å². The summed E-state index contributed by atoms with van der Waals surface area (Å²) in [7, 11) is -2.06. The average Bonchev–Trinajstić information content (AvgIpc) is 2.85. The Morgan fingerprint density at radius 1 is 1.05 bits per heavy atom. The minimum Gasteiger partial charge on any atom is -0.497 e. The zero-order chi connectivity index (χ0) is 29.2. The molecule has 2 rings (SSSR count).